The number of rotatable bonds is 13. The predicted octanol–water partition coefficient (Wildman–Crippen LogP) is 6.05. The molecule has 0 saturated heterocycles. The van der Waals surface area contributed by atoms with Crippen molar-refractivity contribution in [3.8, 4) is 11.5 Å². The molecule has 0 fully saturated rings. The molecule has 0 bridgehead atoms. The topological polar surface area (TPSA) is 57.0 Å². The smallest absolute Gasteiger partial charge is 0.220 e. The van der Waals surface area contributed by atoms with Crippen molar-refractivity contribution in [3.05, 3.63) is 47.9 Å². The molecule has 0 saturated carbocycles. The van der Waals surface area contributed by atoms with Gasteiger partial charge in [0.15, 0.2) is 5.58 Å². The molecule has 6 heteroatoms. The van der Waals surface area contributed by atoms with Gasteiger partial charge in [-0.3, -0.25) is 0 Å². The van der Waals surface area contributed by atoms with Gasteiger partial charge in [0, 0.05) is 50.9 Å². The fourth-order valence-electron chi connectivity index (χ4n) is 3.63. The Morgan fingerprint density at radius 2 is 1.75 bits per heavy atom. The summed E-state index contributed by atoms with van der Waals surface area (Å²) in [5.41, 5.74) is 3.58. The van der Waals surface area contributed by atoms with Crippen LogP contribution < -0.4 is 14.4 Å². The Balaban J connectivity index is 1.95. The molecular weight excluding hydrogens is 404 g/mol. The van der Waals surface area contributed by atoms with Crippen LogP contribution in [0.1, 0.15) is 44.6 Å². The third kappa shape index (κ3) is 6.04. The van der Waals surface area contributed by atoms with Gasteiger partial charge in [0.25, 0.3) is 0 Å². The second-order valence-electron chi connectivity index (χ2n) is 7.60. The standard InChI is InChI=1S/C26H34N2O4/c1-5-14-28(15-6-2)22-19-24(31-17-9-16-29-3)20(18-25(22)30-4)12-13-26-27-21-10-7-8-11-23(21)32-26/h7-8,10-13,18-19H,5-6,9,14-17H2,1-4H3/b13-12+. The van der Waals surface area contributed by atoms with Crippen LogP contribution in [-0.4, -0.2) is 45.5 Å². The number of oxazole rings is 1. The summed E-state index contributed by atoms with van der Waals surface area (Å²) >= 11 is 0. The van der Waals surface area contributed by atoms with Gasteiger partial charge in [-0.1, -0.05) is 26.0 Å². The molecule has 0 aliphatic heterocycles. The van der Waals surface area contributed by atoms with Gasteiger partial charge in [0.1, 0.15) is 17.0 Å². The molecule has 3 rings (SSSR count). The second kappa shape index (κ2) is 12.2. The molecule has 0 spiro atoms. The SMILES string of the molecule is CCCN(CCC)c1cc(OCCCOC)c(/C=C/c2nc3ccccc3o2)cc1OC. The summed E-state index contributed by atoms with van der Waals surface area (Å²) in [5.74, 6) is 2.19. The third-order valence-corrected chi connectivity index (χ3v) is 5.11. The molecule has 3 aromatic rings. The van der Waals surface area contributed by atoms with Crippen molar-refractivity contribution >= 4 is 28.9 Å². The fourth-order valence-corrected chi connectivity index (χ4v) is 3.63. The number of hydrogen-bond donors (Lipinski definition) is 0. The first-order valence-electron chi connectivity index (χ1n) is 11.3. The van der Waals surface area contributed by atoms with Crippen LogP contribution >= 0.6 is 0 Å². The minimum atomic E-state index is 0.554. The zero-order valence-corrected chi connectivity index (χ0v) is 19.6. The molecule has 0 unspecified atom stereocenters. The maximum atomic E-state index is 6.17. The molecule has 1 aromatic heterocycles. The molecule has 172 valence electrons. The van der Waals surface area contributed by atoms with Gasteiger partial charge < -0.3 is 23.5 Å². The number of aromatic nitrogens is 1. The summed E-state index contributed by atoms with van der Waals surface area (Å²) in [7, 11) is 3.41. The van der Waals surface area contributed by atoms with Crippen molar-refractivity contribution < 1.29 is 18.6 Å². The monoisotopic (exact) mass is 438 g/mol. The number of methoxy groups -OCH3 is 2. The van der Waals surface area contributed by atoms with E-state index in [1.165, 1.54) is 0 Å². The third-order valence-electron chi connectivity index (χ3n) is 5.11. The lowest BCUT2D eigenvalue weighted by atomic mass is 10.1. The summed E-state index contributed by atoms with van der Waals surface area (Å²) in [6, 6.07) is 11.9. The van der Waals surface area contributed by atoms with Crippen LogP contribution in [0, 0.1) is 0 Å². The van der Waals surface area contributed by atoms with E-state index in [1.54, 1.807) is 14.2 Å². The number of fused-ring (bicyclic) bond motifs is 1. The molecule has 0 aliphatic carbocycles. The Labute approximate surface area is 190 Å². The van der Waals surface area contributed by atoms with Crippen LogP contribution in [0.5, 0.6) is 11.5 Å². The molecule has 0 N–H and O–H groups in total. The highest BCUT2D eigenvalue weighted by atomic mass is 16.5. The lowest BCUT2D eigenvalue weighted by Crippen LogP contribution is -2.25. The molecule has 0 radical (unpaired) electrons. The van der Waals surface area contributed by atoms with Crippen LogP contribution in [0.2, 0.25) is 0 Å². The van der Waals surface area contributed by atoms with Crippen molar-refractivity contribution in [3.63, 3.8) is 0 Å². The summed E-state index contributed by atoms with van der Waals surface area (Å²) in [6.07, 6.45) is 6.78. The van der Waals surface area contributed by atoms with Crippen LogP contribution in [0.15, 0.2) is 40.8 Å². The Hall–Kier alpha value is -2.99. The average Bonchev–Trinajstić information content (AvgIpc) is 3.23. The number of benzene rings is 2. The lowest BCUT2D eigenvalue weighted by molar-refractivity contribution is 0.172. The first kappa shape index (κ1) is 23.7. The minimum Gasteiger partial charge on any atom is -0.495 e. The van der Waals surface area contributed by atoms with Crippen molar-refractivity contribution in [2.45, 2.75) is 33.1 Å². The Kier molecular flexibility index (Phi) is 8.99. The summed E-state index contributed by atoms with van der Waals surface area (Å²) in [5, 5.41) is 0. The molecular formula is C26H34N2O4. The van der Waals surface area contributed by atoms with Crippen LogP contribution in [0.3, 0.4) is 0 Å². The molecule has 0 atom stereocenters. The van der Waals surface area contributed by atoms with Gasteiger partial charge in [-0.25, -0.2) is 4.98 Å². The first-order valence-corrected chi connectivity index (χ1v) is 11.3. The highest BCUT2D eigenvalue weighted by molar-refractivity contribution is 5.78. The van der Waals surface area contributed by atoms with Crippen molar-refractivity contribution in [1.29, 1.82) is 0 Å². The Bertz CT molecular complexity index is 973. The largest absolute Gasteiger partial charge is 0.495 e. The van der Waals surface area contributed by atoms with Gasteiger partial charge in [-0.15, -0.1) is 0 Å². The van der Waals surface area contributed by atoms with E-state index < -0.39 is 0 Å². The normalized spacial score (nSPS) is 11.4. The van der Waals surface area contributed by atoms with E-state index in [9.17, 15) is 0 Å². The lowest BCUT2D eigenvalue weighted by Gasteiger charge is -2.27. The second-order valence-corrected chi connectivity index (χ2v) is 7.60. The van der Waals surface area contributed by atoms with Crippen LogP contribution in [0.4, 0.5) is 5.69 Å². The van der Waals surface area contributed by atoms with E-state index in [-0.39, 0.29) is 0 Å². The van der Waals surface area contributed by atoms with Crippen LogP contribution in [-0.2, 0) is 4.74 Å². The molecule has 0 aliphatic rings. The van der Waals surface area contributed by atoms with Gasteiger partial charge in [-0.2, -0.15) is 0 Å². The van der Waals surface area contributed by atoms with E-state index in [0.29, 0.717) is 19.1 Å². The van der Waals surface area contributed by atoms with E-state index >= 15 is 0 Å². The fraction of sp³-hybridized carbons (Fsp3) is 0.423. The highest BCUT2D eigenvalue weighted by Crippen LogP contribution is 2.37. The minimum absolute atomic E-state index is 0.554. The number of nitrogens with zero attached hydrogens (tertiary/aromatic N) is 2. The molecule has 2 aromatic carbocycles. The summed E-state index contributed by atoms with van der Waals surface area (Å²) < 4.78 is 22.9. The quantitative estimate of drug-likeness (QED) is 0.303. The van der Waals surface area contributed by atoms with Gasteiger partial charge in [0.05, 0.1) is 19.4 Å². The van der Waals surface area contributed by atoms with E-state index in [4.69, 9.17) is 18.6 Å². The van der Waals surface area contributed by atoms with E-state index in [1.807, 2.05) is 42.5 Å². The van der Waals surface area contributed by atoms with E-state index in [2.05, 4.69) is 29.8 Å². The first-order chi connectivity index (χ1) is 15.7. The Morgan fingerprint density at radius 1 is 0.969 bits per heavy atom. The summed E-state index contributed by atoms with van der Waals surface area (Å²) in [4.78, 5) is 6.89. The van der Waals surface area contributed by atoms with Crippen molar-refractivity contribution in [1.82, 2.24) is 4.98 Å². The van der Waals surface area contributed by atoms with Crippen molar-refractivity contribution in [2.75, 3.05) is 45.4 Å². The van der Waals surface area contributed by atoms with Crippen LogP contribution in [0.25, 0.3) is 23.3 Å². The Morgan fingerprint density at radius 3 is 2.44 bits per heavy atom. The zero-order valence-electron chi connectivity index (χ0n) is 19.6. The average molecular weight is 439 g/mol. The zero-order chi connectivity index (χ0) is 22.8. The van der Waals surface area contributed by atoms with Gasteiger partial charge in [-0.05, 0) is 37.1 Å². The van der Waals surface area contributed by atoms with Gasteiger partial charge >= 0.3 is 0 Å². The maximum Gasteiger partial charge on any atom is 0.220 e. The molecule has 32 heavy (non-hydrogen) atoms. The van der Waals surface area contributed by atoms with Crippen molar-refractivity contribution in [2.24, 2.45) is 0 Å². The van der Waals surface area contributed by atoms with E-state index in [0.717, 1.165) is 66.2 Å². The predicted molar refractivity (Wildman–Crippen MR) is 131 cm³/mol. The number of anilines is 1. The highest BCUT2D eigenvalue weighted by Gasteiger charge is 2.16. The maximum absolute atomic E-state index is 6.17. The van der Waals surface area contributed by atoms with Gasteiger partial charge in [0.2, 0.25) is 5.89 Å². The molecule has 0 amide bonds. The molecule has 6 nitrogen and oxygen atoms in total. The molecule has 1 heterocycles. The summed E-state index contributed by atoms with van der Waals surface area (Å²) in [6.45, 7) is 7.54. The number of para-hydroxylation sites is 2. The number of ether oxygens (including phenoxy) is 3. The number of hydrogen-bond acceptors (Lipinski definition) is 6.